The third kappa shape index (κ3) is 32.2. The number of nitrogens with two attached hydrogens (primary N) is 1. The van der Waals surface area contributed by atoms with Crippen molar-refractivity contribution in [3.8, 4) is 0 Å². The number of hydrogen-bond donors (Lipinski definition) is 3. The average molecular weight is 712 g/mol. The van der Waals surface area contributed by atoms with Crippen LogP contribution >= 0.6 is 7.82 Å². The SMILES string of the molecule is CC/C=C/C=C/C=C/C=C/C=C/CCCC(=O)OC(COC(=O)CCCCCCCCCCCCCC)COP(=O)(O)OC[C@H](N)C(=O)O. The first-order chi connectivity index (χ1) is 23.6. The summed E-state index contributed by atoms with van der Waals surface area (Å²) in [5, 5.41) is 8.84. The number of carboxylic acid groups (broad SMARTS) is 1. The van der Waals surface area contributed by atoms with Crippen LogP contribution in [-0.4, -0.2) is 59.9 Å². The lowest BCUT2D eigenvalue weighted by atomic mass is 10.0. The molecule has 0 heterocycles. The highest BCUT2D eigenvalue weighted by molar-refractivity contribution is 7.47. The molecular formula is C37H62NO10P. The van der Waals surface area contributed by atoms with Crippen LogP contribution in [0.2, 0.25) is 0 Å². The van der Waals surface area contributed by atoms with Gasteiger partial charge >= 0.3 is 25.7 Å². The molecule has 3 atom stereocenters. The molecule has 0 radical (unpaired) electrons. The second kappa shape index (κ2) is 32.4. The number of esters is 2. The van der Waals surface area contributed by atoms with E-state index in [1.165, 1.54) is 51.4 Å². The van der Waals surface area contributed by atoms with Crippen molar-refractivity contribution >= 4 is 25.7 Å². The van der Waals surface area contributed by atoms with Gasteiger partial charge < -0.3 is 25.2 Å². The Hall–Kier alpha value is -2.82. The lowest BCUT2D eigenvalue weighted by molar-refractivity contribution is -0.161. The number of phosphoric acid groups is 1. The number of unbranched alkanes of at least 4 members (excludes halogenated alkanes) is 12. The Bertz CT molecular complexity index is 1070. The molecule has 2 unspecified atom stereocenters. The Kier molecular flexibility index (Phi) is 30.5. The summed E-state index contributed by atoms with van der Waals surface area (Å²) in [7, 11) is -4.73. The van der Waals surface area contributed by atoms with E-state index in [-0.39, 0.29) is 19.4 Å². The fraction of sp³-hybridized carbons (Fsp3) is 0.649. The third-order valence-corrected chi connectivity index (χ3v) is 8.11. The molecule has 0 bridgehead atoms. The van der Waals surface area contributed by atoms with E-state index in [2.05, 4.69) is 24.4 Å². The first-order valence-electron chi connectivity index (χ1n) is 17.9. The maximum atomic E-state index is 12.5. The zero-order chi connectivity index (χ0) is 36.4. The van der Waals surface area contributed by atoms with E-state index in [4.69, 9.17) is 24.8 Å². The van der Waals surface area contributed by atoms with E-state index < -0.39 is 51.1 Å². The molecule has 0 spiro atoms. The molecule has 0 fully saturated rings. The van der Waals surface area contributed by atoms with Crippen molar-refractivity contribution in [3.63, 3.8) is 0 Å². The lowest BCUT2D eigenvalue weighted by Crippen LogP contribution is -2.34. The molecular weight excluding hydrogens is 649 g/mol. The van der Waals surface area contributed by atoms with Crippen LogP contribution in [-0.2, 0) is 37.5 Å². The maximum absolute atomic E-state index is 12.5. The number of rotatable bonds is 32. The Morgan fingerprint density at radius 3 is 1.69 bits per heavy atom. The van der Waals surface area contributed by atoms with E-state index >= 15 is 0 Å². The number of aliphatic carboxylic acids is 1. The number of phosphoric ester groups is 1. The minimum atomic E-state index is -4.73. The van der Waals surface area contributed by atoms with Crippen LogP contribution in [0.4, 0.5) is 0 Å². The number of hydrogen-bond acceptors (Lipinski definition) is 9. The van der Waals surface area contributed by atoms with Gasteiger partial charge in [0.15, 0.2) is 6.10 Å². The number of ether oxygens (including phenoxy) is 2. The summed E-state index contributed by atoms with van der Waals surface area (Å²) >= 11 is 0. The Morgan fingerprint density at radius 1 is 0.653 bits per heavy atom. The summed E-state index contributed by atoms with van der Waals surface area (Å²) in [5.41, 5.74) is 5.30. The van der Waals surface area contributed by atoms with Gasteiger partial charge in [-0.3, -0.25) is 23.4 Å². The van der Waals surface area contributed by atoms with E-state index in [0.717, 1.165) is 25.7 Å². The van der Waals surface area contributed by atoms with Gasteiger partial charge in [-0.25, -0.2) is 4.57 Å². The predicted molar refractivity (Wildman–Crippen MR) is 194 cm³/mol. The van der Waals surface area contributed by atoms with Gasteiger partial charge in [-0.1, -0.05) is 145 Å². The van der Waals surface area contributed by atoms with E-state index in [1.807, 2.05) is 54.7 Å². The minimum Gasteiger partial charge on any atom is -0.480 e. The topological polar surface area (TPSA) is 172 Å². The molecule has 0 saturated heterocycles. The summed E-state index contributed by atoms with van der Waals surface area (Å²) in [6.45, 7) is 2.54. The number of carbonyl (C=O) groups is 3. The molecule has 0 aliphatic carbocycles. The largest absolute Gasteiger partial charge is 0.480 e. The summed E-state index contributed by atoms with van der Waals surface area (Å²) in [4.78, 5) is 45.6. The molecule has 11 nitrogen and oxygen atoms in total. The fourth-order valence-electron chi connectivity index (χ4n) is 4.33. The van der Waals surface area contributed by atoms with Gasteiger partial charge in [0.2, 0.25) is 0 Å². The molecule has 12 heteroatoms. The van der Waals surface area contributed by atoms with Gasteiger partial charge in [0.25, 0.3) is 0 Å². The average Bonchev–Trinajstić information content (AvgIpc) is 3.07. The molecule has 0 aliphatic heterocycles. The van der Waals surface area contributed by atoms with Crippen LogP contribution in [0.3, 0.4) is 0 Å². The van der Waals surface area contributed by atoms with E-state index in [9.17, 15) is 23.8 Å². The highest BCUT2D eigenvalue weighted by Crippen LogP contribution is 2.43. The lowest BCUT2D eigenvalue weighted by Gasteiger charge is -2.20. The fourth-order valence-corrected chi connectivity index (χ4v) is 5.11. The first kappa shape index (κ1) is 46.2. The number of carboxylic acids is 1. The zero-order valence-corrected chi connectivity index (χ0v) is 30.6. The quantitative estimate of drug-likeness (QED) is 0.0265. The number of allylic oxidation sites excluding steroid dienone is 10. The first-order valence-corrected chi connectivity index (χ1v) is 19.4. The van der Waals surface area contributed by atoms with E-state index in [0.29, 0.717) is 19.3 Å². The Labute approximate surface area is 294 Å². The molecule has 0 saturated carbocycles. The van der Waals surface area contributed by atoms with Gasteiger partial charge in [-0.05, 0) is 25.7 Å². The molecule has 0 aromatic rings. The van der Waals surface area contributed by atoms with Crippen molar-refractivity contribution < 1.29 is 47.5 Å². The van der Waals surface area contributed by atoms with Crippen molar-refractivity contribution in [2.75, 3.05) is 19.8 Å². The summed E-state index contributed by atoms with van der Waals surface area (Å²) in [6.07, 6.45) is 34.6. The molecule has 0 rings (SSSR count). The van der Waals surface area contributed by atoms with Crippen LogP contribution in [0.25, 0.3) is 0 Å². The molecule has 0 amide bonds. The molecule has 0 aromatic heterocycles. The van der Waals surface area contributed by atoms with Crippen molar-refractivity contribution in [1.82, 2.24) is 0 Å². The van der Waals surface area contributed by atoms with E-state index in [1.54, 1.807) is 0 Å². The van der Waals surface area contributed by atoms with Gasteiger partial charge in [-0.2, -0.15) is 0 Å². The zero-order valence-electron chi connectivity index (χ0n) is 29.8. The van der Waals surface area contributed by atoms with Gasteiger partial charge in [-0.15, -0.1) is 0 Å². The second-order valence-electron chi connectivity index (χ2n) is 11.8. The normalized spacial score (nSPS) is 14.7. The highest BCUT2D eigenvalue weighted by atomic mass is 31.2. The molecule has 280 valence electrons. The smallest absolute Gasteiger partial charge is 0.472 e. The highest BCUT2D eigenvalue weighted by Gasteiger charge is 2.28. The van der Waals surface area contributed by atoms with Crippen LogP contribution in [0.15, 0.2) is 60.8 Å². The summed E-state index contributed by atoms with van der Waals surface area (Å²) < 4.78 is 32.4. The maximum Gasteiger partial charge on any atom is 0.472 e. The van der Waals surface area contributed by atoms with Crippen molar-refractivity contribution in [2.24, 2.45) is 5.73 Å². The molecule has 0 aromatic carbocycles. The Morgan fingerprint density at radius 2 is 1.14 bits per heavy atom. The third-order valence-electron chi connectivity index (χ3n) is 7.16. The summed E-state index contributed by atoms with van der Waals surface area (Å²) in [6, 6.07) is -1.53. The van der Waals surface area contributed by atoms with Crippen LogP contribution in [0.5, 0.6) is 0 Å². The monoisotopic (exact) mass is 711 g/mol. The van der Waals surface area contributed by atoms with Crippen LogP contribution in [0.1, 0.15) is 123 Å². The van der Waals surface area contributed by atoms with Gasteiger partial charge in [0, 0.05) is 12.8 Å². The molecule has 4 N–H and O–H groups in total. The predicted octanol–water partition coefficient (Wildman–Crippen LogP) is 8.44. The molecule has 49 heavy (non-hydrogen) atoms. The van der Waals surface area contributed by atoms with Gasteiger partial charge in [0.05, 0.1) is 13.2 Å². The van der Waals surface area contributed by atoms with Crippen LogP contribution in [0, 0.1) is 0 Å². The standard InChI is InChI=1S/C37H62NO10P/c1-3-5-7-9-11-13-15-17-19-21-23-25-27-29-36(40)48-33(31-46-49(43,44)47-32-34(38)37(41)42)30-45-35(39)28-26-24-22-20-18-16-14-12-10-8-6-4-2/h5,7,9,11,13,15,17,19,21,23,33-34H,3-4,6,8,10,12,14,16,18,20,22,24-32,38H2,1-2H3,(H,41,42)(H,43,44)/b7-5+,11-9+,15-13+,19-17+,23-21+/t33?,34-/m0/s1. The second-order valence-corrected chi connectivity index (χ2v) is 13.2. The summed E-state index contributed by atoms with van der Waals surface area (Å²) in [5.74, 6) is -2.48. The Balaban J connectivity index is 4.62. The van der Waals surface area contributed by atoms with Crippen molar-refractivity contribution in [1.29, 1.82) is 0 Å². The van der Waals surface area contributed by atoms with Crippen molar-refractivity contribution in [2.45, 2.75) is 135 Å². The number of carbonyl (C=O) groups excluding carboxylic acids is 2. The van der Waals surface area contributed by atoms with Crippen molar-refractivity contribution in [3.05, 3.63) is 60.8 Å². The minimum absolute atomic E-state index is 0.0636. The van der Waals surface area contributed by atoms with Crippen LogP contribution < -0.4 is 5.73 Å². The molecule has 0 aliphatic rings. The van der Waals surface area contributed by atoms with Gasteiger partial charge in [0.1, 0.15) is 12.6 Å².